The number of amides is 1. The first kappa shape index (κ1) is 23.7. The van der Waals surface area contributed by atoms with Crippen LogP contribution in [0.25, 0.3) is 0 Å². The third kappa shape index (κ3) is 8.07. The number of benzene rings is 1. The molecule has 1 amide bonds. The summed E-state index contributed by atoms with van der Waals surface area (Å²) in [6, 6.07) is 7.21. The minimum Gasteiger partial charge on any atom is -0.486 e. The maximum absolute atomic E-state index is 12.0. The van der Waals surface area contributed by atoms with E-state index >= 15 is 0 Å². The van der Waals surface area contributed by atoms with Crippen molar-refractivity contribution in [1.82, 2.24) is 15.6 Å². The maximum atomic E-state index is 12.0. The van der Waals surface area contributed by atoms with Crippen molar-refractivity contribution in [2.75, 3.05) is 19.6 Å². The van der Waals surface area contributed by atoms with E-state index in [0.29, 0.717) is 24.6 Å². The largest absolute Gasteiger partial charge is 0.486 e. The highest BCUT2D eigenvalue weighted by molar-refractivity contribution is 7.09. The van der Waals surface area contributed by atoms with Crippen LogP contribution in [-0.2, 0) is 17.8 Å². The van der Waals surface area contributed by atoms with E-state index in [-0.39, 0.29) is 30.7 Å². The lowest BCUT2D eigenvalue weighted by Crippen LogP contribution is -2.30. The molecule has 1 aliphatic heterocycles. The summed E-state index contributed by atoms with van der Waals surface area (Å²) in [5.41, 5.74) is 2.05. The molecule has 0 spiro atoms. The van der Waals surface area contributed by atoms with E-state index in [0.717, 1.165) is 36.0 Å². The summed E-state index contributed by atoms with van der Waals surface area (Å²) in [6.45, 7) is 2.87. The fraction of sp³-hybridized carbons (Fsp3) is 0.333. The molecule has 2 aromatic rings. The van der Waals surface area contributed by atoms with Crippen LogP contribution in [0.5, 0.6) is 5.75 Å². The van der Waals surface area contributed by atoms with Gasteiger partial charge >= 0.3 is 0 Å². The molecule has 2 N–H and O–H groups in total. The van der Waals surface area contributed by atoms with Crippen LogP contribution in [0.3, 0.4) is 0 Å². The number of carbonyl (C=O) groups excluding carboxylic acids is 1. The van der Waals surface area contributed by atoms with Crippen molar-refractivity contribution in [3.63, 3.8) is 0 Å². The lowest BCUT2D eigenvalue weighted by molar-refractivity contribution is -0.120. The first-order chi connectivity index (χ1) is 12.2. The summed E-state index contributed by atoms with van der Waals surface area (Å²) in [7, 11) is 0. The highest BCUT2D eigenvalue weighted by Crippen LogP contribution is 2.18. The third-order valence-corrected chi connectivity index (χ3v) is 4.91. The summed E-state index contributed by atoms with van der Waals surface area (Å²) < 4.78 is 5.67. The quantitative estimate of drug-likeness (QED) is 0.630. The van der Waals surface area contributed by atoms with Crippen molar-refractivity contribution < 1.29 is 9.53 Å². The zero-order chi connectivity index (χ0) is 17.5. The number of carbonyl (C=O) groups is 1. The van der Waals surface area contributed by atoms with Crippen molar-refractivity contribution >= 4 is 53.7 Å². The van der Waals surface area contributed by atoms with Crippen molar-refractivity contribution in [2.45, 2.75) is 19.4 Å². The number of rotatable bonds is 7. The van der Waals surface area contributed by atoms with Gasteiger partial charge in [-0.15, -0.1) is 36.2 Å². The second-order valence-electron chi connectivity index (χ2n) is 5.75. The van der Waals surface area contributed by atoms with Crippen LogP contribution in [0.2, 0.25) is 5.02 Å². The molecule has 5 nitrogen and oxygen atoms in total. The van der Waals surface area contributed by atoms with E-state index in [1.807, 2.05) is 17.5 Å². The molecular formula is C18H22Cl3N3O2S. The number of hydrogen-bond donors (Lipinski definition) is 2. The summed E-state index contributed by atoms with van der Waals surface area (Å²) in [5, 5.41) is 9.64. The number of thiazole rings is 1. The van der Waals surface area contributed by atoms with Crippen molar-refractivity contribution in [2.24, 2.45) is 0 Å². The smallest absolute Gasteiger partial charge is 0.226 e. The third-order valence-electron chi connectivity index (χ3n) is 3.79. The molecule has 0 saturated carbocycles. The van der Waals surface area contributed by atoms with Crippen LogP contribution < -0.4 is 15.4 Å². The predicted molar refractivity (Wildman–Crippen MR) is 115 cm³/mol. The molecule has 1 aliphatic rings. The van der Waals surface area contributed by atoms with Crippen LogP contribution in [0, 0.1) is 0 Å². The Morgan fingerprint density at radius 2 is 2.07 bits per heavy atom. The van der Waals surface area contributed by atoms with Crippen molar-refractivity contribution in [1.29, 1.82) is 0 Å². The molecule has 27 heavy (non-hydrogen) atoms. The minimum atomic E-state index is -0.00472. The zero-order valence-electron chi connectivity index (χ0n) is 14.6. The lowest BCUT2D eigenvalue weighted by atomic mass is 10.1. The van der Waals surface area contributed by atoms with Gasteiger partial charge in [-0.25, -0.2) is 4.98 Å². The predicted octanol–water partition coefficient (Wildman–Crippen LogP) is 3.80. The molecule has 0 saturated heterocycles. The SMILES string of the molecule is Cl.Cl.O=C(Cc1csc(COc2ccc(Cl)cc2)n1)NCC1=CCNCC1. The molecule has 1 aromatic heterocycles. The molecule has 0 aliphatic carbocycles. The number of aromatic nitrogens is 1. The highest BCUT2D eigenvalue weighted by atomic mass is 35.5. The average molecular weight is 451 g/mol. The lowest BCUT2D eigenvalue weighted by Gasteiger charge is -2.14. The molecule has 0 atom stereocenters. The van der Waals surface area contributed by atoms with E-state index in [2.05, 4.69) is 21.7 Å². The summed E-state index contributed by atoms with van der Waals surface area (Å²) in [4.78, 5) is 16.5. The number of hydrogen-bond acceptors (Lipinski definition) is 5. The highest BCUT2D eigenvalue weighted by Gasteiger charge is 2.10. The number of ether oxygens (including phenoxy) is 1. The van der Waals surface area contributed by atoms with Crippen molar-refractivity contribution in [3.8, 4) is 5.75 Å². The zero-order valence-corrected chi connectivity index (χ0v) is 17.8. The molecule has 0 fully saturated rings. The van der Waals surface area contributed by atoms with Crippen LogP contribution in [-0.4, -0.2) is 30.5 Å². The number of halogens is 3. The van der Waals surface area contributed by atoms with Gasteiger partial charge in [0.1, 0.15) is 17.4 Å². The Hall–Kier alpha value is -1.31. The van der Waals surface area contributed by atoms with E-state index in [4.69, 9.17) is 16.3 Å². The monoisotopic (exact) mass is 449 g/mol. The Morgan fingerprint density at radius 1 is 1.30 bits per heavy atom. The topological polar surface area (TPSA) is 63.2 Å². The van der Waals surface area contributed by atoms with E-state index in [1.54, 1.807) is 12.1 Å². The summed E-state index contributed by atoms with van der Waals surface area (Å²) >= 11 is 7.34. The maximum Gasteiger partial charge on any atom is 0.226 e. The van der Waals surface area contributed by atoms with Gasteiger partial charge in [0.25, 0.3) is 0 Å². The molecule has 2 heterocycles. The van der Waals surface area contributed by atoms with Gasteiger partial charge in [-0.05, 0) is 37.2 Å². The number of nitrogens with zero attached hydrogens (tertiary/aromatic N) is 1. The molecule has 0 radical (unpaired) electrons. The molecule has 0 unspecified atom stereocenters. The first-order valence-corrected chi connectivity index (χ1v) is 9.42. The van der Waals surface area contributed by atoms with Gasteiger partial charge in [-0.3, -0.25) is 4.79 Å². The van der Waals surface area contributed by atoms with Gasteiger partial charge < -0.3 is 15.4 Å². The van der Waals surface area contributed by atoms with Gasteiger partial charge in [0, 0.05) is 23.5 Å². The van der Waals surface area contributed by atoms with Gasteiger partial charge in [-0.1, -0.05) is 23.3 Å². The molecular weight excluding hydrogens is 429 g/mol. The fourth-order valence-corrected chi connectivity index (χ4v) is 3.27. The van der Waals surface area contributed by atoms with Gasteiger partial charge in [0.2, 0.25) is 5.91 Å². The Kier molecular flexibility index (Phi) is 10.7. The van der Waals surface area contributed by atoms with E-state index in [1.165, 1.54) is 16.9 Å². The first-order valence-electron chi connectivity index (χ1n) is 8.16. The van der Waals surface area contributed by atoms with Crippen LogP contribution >= 0.6 is 47.8 Å². The fourth-order valence-electron chi connectivity index (χ4n) is 2.44. The summed E-state index contributed by atoms with van der Waals surface area (Å²) in [6.07, 6.45) is 3.42. The van der Waals surface area contributed by atoms with Gasteiger partial charge in [-0.2, -0.15) is 0 Å². The molecule has 0 bridgehead atoms. The van der Waals surface area contributed by atoms with Gasteiger partial charge in [0.05, 0.1) is 12.1 Å². The number of nitrogens with one attached hydrogen (secondary N) is 2. The normalized spacial score (nSPS) is 13.0. The Bertz CT molecular complexity index is 751. The minimum absolute atomic E-state index is 0. The molecule has 9 heteroatoms. The molecule has 3 rings (SSSR count). The summed E-state index contributed by atoms with van der Waals surface area (Å²) in [5.74, 6) is 0.740. The van der Waals surface area contributed by atoms with E-state index in [9.17, 15) is 4.79 Å². The molecule has 148 valence electrons. The van der Waals surface area contributed by atoms with Crippen LogP contribution in [0.1, 0.15) is 17.1 Å². The second kappa shape index (κ2) is 12.2. The van der Waals surface area contributed by atoms with Crippen LogP contribution in [0.4, 0.5) is 0 Å². The Morgan fingerprint density at radius 3 is 2.78 bits per heavy atom. The van der Waals surface area contributed by atoms with E-state index < -0.39 is 0 Å². The van der Waals surface area contributed by atoms with Crippen molar-refractivity contribution in [3.05, 3.63) is 57.0 Å². The standard InChI is InChI=1S/C18H20ClN3O2S.2ClH/c19-14-1-3-16(4-2-14)24-11-18-22-15(12-25-18)9-17(23)21-10-13-5-7-20-8-6-13;;/h1-5,12,20H,6-11H2,(H,21,23);2*1H. The average Bonchev–Trinajstić information content (AvgIpc) is 3.08. The second-order valence-corrected chi connectivity index (χ2v) is 7.12. The Balaban J connectivity index is 0.00000182. The van der Waals surface area contributed by atoms with Gasteiger partial charge in [0.15, 0.2) is 0 Å². The Labute approximate surface area is 180 Å². The van der Waals surface area contributed by atoms with Crippen LogP contribution in [0.15, 0.2) is 41.3 Å². The molecule has 1 aromatic carbocycles.